The lowest BCUT2D eigenvalue weighted by Gasteiger charge is -2.27. The predicted octanol–water partition coefficient (Wildman–Crippen LogP) is 2.37. The molecule has 0 aliphatic carbocycles. The summed E-state index contributed by atoms with van der Waals surface area (Å²) < 4.78 is 21.2. The largest absolute Gasteiger partial charge is 0.493 e. The first-order chi connectivity index (χ1) is 13.7. The zero-order valence-corrected chi connectivity index (χ0v) is 16.9. The smallest absolute Gasteiger partial charge is 0.271 e. The van der Waals surface area contributed by atoms with Crippen LogP contribution in [0.25, 0.3) is 0 Å². The second-order valence-corrected chi connectivity index (χ2v) is 6.98. The first-order valence-corrected chi connectivity index (χ1v) is 9.54. The number of hydrazone groups is 1. The summed E-state index contributed by atoms with van der Waals surface area (Å²) in [7, 11) is 4.51. The van der Waals surface area contributed by atoms with E-state index >= 15 is 0 Å². The minimum absolute atomic E-state index is 0.354. The molecular weight excluding hydrogens is 382 g/mol. The zero-order valence-electron chi connectivity index (χ0n) is 16.1. The van der Waals surface area contributed by atoms with E-state index in [1.165, 1.54) is 26.3 Å². The molecule has 150 valence electrons. The van der Waals surface area contributed by atoms with Crippen molar-refractivity contribution in [3.8, 4) is 17.2 Å². The van der Waals surface area contributed by atoms with Gasteiger partial charge in [-0.3, -0.25) is 4.79 Å². The van der Waals surface area contributed by atoms with E-state index in [9.17, 15) is 4.79 Å². The molecule has 0 saturated carbocycles. The van der Waals surface area contributed by atoms with E-state index in [0.717, 1.165) is 31.2 Å². The highest BCUT2D eigenvalue weighted by Crippen LogP contribution is 2.38. The number of amides is 1. The van der Waals surface area contributed by atoms with E-state index in [0.29, 0.717) is 22.8 Å². The highest BCUT2D eigenvalue weighted by atomic mass is 32.1. The standard InChI is InChI=1S/C19H23N3O5S/c1-24-15-10-13(11-16(25-2)18(15)26-3)19(23)21-20-12-14-4-5-17(28-14)22-6-8-27-9-7-22/h4-5,10-12H,6-9H2,1-3H3,(H,21,23)/b20-12-. The molecule has 0 unspecified atom stereocenters. The molecule has 1 aliphatic rings. The number of thiophene rings is 1. The maximum atomic E-state index is 12.4. The SMILES string of the molecule is COc1cc(C(=O)N/N=C\c2ccc(N3CCOCC3)s2)cc(OC)c1OC. The second kappa shape index (κ2) is 9.43. The van der Waals surface area contributed by atoms with Gasteiger partial charge in [-0.1, -0.05) is 0 Å². The van der Waals surface area contributed by atoms with Gasteiger partial charge in [0.05, 0.1) is 45.8 Å². The number of hydrogen-bond acceptors (Lipinski definition) is 8. The number of ether oxygens (including phenoxy) is 4. The van der Waals surface area contributed by atoms with Gasteiger partial charge in [0.1, 0.15) is 0 Å². The van der Waals surface area contributed by atoms with Gasteiger partial charge in [0.15, 0.2) is 11.5 Å². The van der Waals surface area contributed by atoms with Crippen LogP contribution in [0.3, 0.4) is 0 Å². The number of methoxy groups -OCH3 is 3. The Morgan fingerprint density at radius 3 is 2.43 bits per heavy atom. The van der Waals surface area contributed by atoms with Crippen molar-refractivity contribution in [2.24, 2.45) is 5.10 Å². The van der Waals surface area contributed by atoms with E-state index in [1.54, 1.807) is 29.7 Å². The number of benzene rings is 1. The number of hydrogen-bond donors (Lipinski definition) is 1. The molecule has 0 spiro atoms. The fourth-order valence-electron chi connectivity index (χ4n) is 2.80. The third kappa shape index (κ3) is 4.55. The summed E-state index contributed by atoms with van der Waals surface area (Å²) in [5.41, 5.74) is 2.88. The normalized spacial score (nSPS) is 14.2. The van der Waals surface area contributed by atoms with E-state index in [-0.39, 0.29) is 5.91 Å². The van der Waals surface area contributed by atoms with Gasteiger partial charge in [0, 0.05) is 23.5 Å². The second-order valence-electron chi connectivity index (χ2n) is 5.89. The lowest BCUT2D eigenvalue weighted by atomic mass is 10.1. The number of nitrogens with zero attached hydrogens (tertiary/aromatic N) is 2. The van der Waals surface area contributed by atoms with Gasteiger partial charge in [0.25, 0.3) is 5.91 Å². The molecule has 1 fully saturated rings. The molecule has 1 aromatic heterocycles. The summed E-state index contributed by atoms with van der Waals surface area (Å²) in [6.07, 6.45) is 1.63. The highest BCUT2D eigenvalue weighted by Gasteiger charge is 2.17. The first-order valence-electron chi connectivity index (χ1n) is 8.72. The zero-order chi connectivity index (χ0) is 19.9. The van der Waals surface area contributed by atoms with Crippen molar-refractivity contribution >= 4 is 28.5 Å². The number of carbonyl (C=O) groups is 1. The van der Waals surface area contributed by atoms with Crippen molar-refractivity contribution in [2.45, 2.75) is 0 Å². The molecule has 0 radical (unpaired) electrons. The maximum absolute atomic E-state index is 12.4. The van der Waals surface area contributed by atoms with Gasteiger partial charge < -0.3 is 23.8 Å². The van der Waals surface area contributed by atoms with E-state index < -0.39 is 0 Å². The number of rotatable bonds is 7. The van der Waals surface area contributed by atoms with Crippen molar-refractivity contribution in [2.75, 3.05) is 52.5 Å². The third-order valence-corrected chi connectivity index (χ3v) is 5.30. The number of carbonyl (C=O) groups excluding carboxylic acids is 1. The molecule has 1 aliphatic heterocycles. The van der Waals surface area contributed by atoms with Gasteiger partial charge in [0.2, 0.25) is 5.75 Å². The van der Waals surface area contributed by atoms with Crippen molar-refractivity contribution in [3.05, 3.63) is 34.7 Å². The first kappa shape index (κ1) is 20.0. The summed E-state index contributed by atoms with van der Waals surface area (Å²) in [5, 5.41) is 5.23. The van der Waals surface area contributed by atoms with Crippen LogP contribution in [-0.4, -0.2) is 59.8 Å². The molecule has 1 saturated heterocycles. The summed E-state index contributed by atoms with van der Waals surface area (Å²) in [6.45, 7) is 3.25. The number of morpholine rings is 1. The lowest BCUT2D eigenvalue weighted by Crippen LogP contribution is -2.35. The molecule has 28 heavy (non-hydrogen) atoms. The van der Waals surface area contributed by atoms with Crippen LogP contribution in [-0.2, 0) is 4.74 Å². The molecule has 1 aromatic carbocycles. The van der Waals surface area contributed by atoms with Crippen LogP contribution in [0, 0.1) is 0 Å². The Bertz CT molecular complexity index is 821. The Kier molecular flexibility index (Phi) is 6.72. The van der Waals surface area contributed by atoms with E-state index in [4.69, 9.17) is 18.9 Å². The summed E-state index contributed by atoms with van der Waals surface area (Å²) in [6, 6.07) is 7.19. The van der Waals surface area contributed by atoms with Gasteiger partial charge in [-0.25, -0.2) is 5.43 Å². The van der Waals surface area contributed by atoms with Crippen molar-refractivity contribution in [3.63, 3.8) is 0 Å². The van der Waals surface area contributed by atoms with Crippen LogP contribution in [0.2, 0.25) is 0 Å². The number of anilines is 1. The van der Waals surface area contributed by atoms with Crippen LogP contribution >= 0.6 is 11.3 Å². The molecule has 1 amide bonds. The average molecular weight is 405 g/mol. The fraction of sp³-hybridized carbons (Fsp3) is 0.368. The van der Waals surface area contributed by atoms with E-state index in [1.807, 2.05) is 6.07 Å². The van der Waals surface area contributed by atoms with Crippen molar-refractivity contribution in [1.29, 1.82) is 0 Å². The molecular formula is C19H23N3O5S. The van der Waals surface area contributed by atoms with Gasteiger partial charge in [-0.05, 0) is 24.3 Å². The molecule has 0 atom stereocenters. The Hall–Kier alpha value is -2.78. The van der Waals surface area contributed by atoms with Gasteiger partial charge in [-0.2, -0.15) is 5.10 Å². The highest BCUT2D eigenvalue weighted by molar-refractivity contribution is 7.17. The van der Waals surface area contributed by atoms with Crippen LogP contribution in [0.1, 0.15) is 15.2 Å². The molecule has 8 nitrogen and oxygen atoms in total. The van der Waals surface area contributed by atoms with Crippen molar-refractivity contribution < 1.29 is 23.7 Å². The Morgan fingerprint density at radius 1 is 1.14 bits per heavy atom. The molecule has 2 aromatic rings. The lowest BCUT2D eigenvalue weighted by molar-refractivity contribution is 0.0954. The Balaban J connectivity index is 1.66. The molecule has 0 bridgehead atoms. The molecule has 3 rings (SSSR count). The third-order valence-electron chi connectivity index (χ3n) is 4.22. The average Bonchev–Trinajstić information content (AvgIpc) is 3.22. The summed E-state index contributed by atoms with van der Waals surface area (Å²) in [4.78, 5) is 15.7. The van der Waals surface area contributed by atoms with Crippen LogP contribution in [0.5, 0.6) is 17.2 Å². The fourth-order valence-corrected chi connectivity index (χ4v) is 3.73. The van der Waals surface area contributed by atoms with Crippen LogP contribution in [0.15, 0.2) is 29.4 Å². The topological polar surface area (TPSA) is 81.6 Å². The molecule has 1 N–H and O–H groups in total. The van der Waals surface area contributed by atoms with Gasteiger partial charge in [-0.15, -0.1) is 11.3 Å². The van der Waals surface area contributed by atoms with E-state index in [2.05, 4.69) is 21.5 Å². The summed E-state index contributed by atoms with van der Waals surface area (Å²) >= 11 is 1.62. The molecule has 2 heterocycles. The quantitative estimate of drug-likeness (QED) is 0.563. The van der Waals surface area contributed by atoms with Gasteiger partial charge >= 0.3 is 0 Å². The predicted molar refractivity (Wildman–Crippen MR) is 109 cm³/mol. The van der Waals surface area contributed by atoms with Crippen LogP contribution < -0.4 is 24.5 Å². The summed E-state index contributed by atoms with van der Waals surface area (Å²) in [5.74, 6) is 0.869. The van der Waals surface area contributed by atoms with Crippen LogP contribution in [0.4, 0.5) is 5.00 Å². The minimum atomic E-state index is -0.375. The number of nitrogens with one attached hydrogen (secondary N) is 1. The molecule has 9 heteroatoms. The van der Waals surface area contributed by atoms with Crippen molar-refractivity contribution in [1.82, 2.24) is 5.43 Å². The minimum Gasteiger partial charge on any atom is -0.493 e. The Morgan fingerprint density at radius 2 is 1.82 bits per heavy atom. The maximum Gasteiger partial charge on any atom is 0.271 e. The monoisotopic (exact) mass is 405 g/mol. The Labute approximate surface area is 167 Å².